The van der Waals surface area contributed by atoms with Crippen molar-refractivity contribution in [2.45, 2.75) is 77.5 Å². The van der Waals surface area contributed by atoms with Gasteiger partial charge in [-0.3, -0.25) is 9.59 Å². The first kappa shape index (κ1) is 28.8. The van der Waals surface area contributed by atoms with Crippen molar-refractivity contribution in [2.75, 3.05) is 26.2 Å². The van der Waals surface area contributed by atoms with Gasteiger partial charge in [-0.25, -0.2) is 4.39 Å². The number of hydrogen-bond donors (Lipinski definition) is 1. The molecule has 1 saturated heterocycles. The first-order valence-electron chi connectivity index (χ1n) is 14.5. The number of amides is 2. The molecule has 39 heavy (non-hydrogen) atoms. The molecule has 0 radical (unpaired) electrons. The molecule has 2 fully saturated rings. The second-order valence-corrected chi connectivity index (χ2v) is 10.6. The van der Waals surface area contributed by atoms with E-state index < -0.39 is 0 Å². The van der Waals surface area contributed by atoms with Gasteiger partial charge >= 0.3 is 0 Å². The molecule has 1 aliphatic heterocycles. The molecule has 6 nitrogen and oxygen atoms in total. The summed E-state index contributed by atoms with van der Waals surface area (Å²) in [5, 5.41) is 3.01. The number of morpholine rings is 1. The van der Waals surface area contributed by atoms with Gasteiger partial charge in [0.1, 0.15) is 11.9 Å². The van der Waals surface area contributed by atoms with Crippen molar-refractivity contribution >= 4 is 17.9 Å². The fourth-order valence-corrected chi connectivity index (χ4v) is 5.63. The van der Waals surface area contributed by atoms with E-state index >= 15 is 0 Å². The van der Waals surface area contributed by atoms with Crippen LogP contribution in [-0.2, 0) is 16.1 Å². The van der Waals surface area contributed by atoms with Gasteiger partial charge in [-0.1, -0.05) is 50.6 Å². The molecule has 1 N–H and O–H groups in total. The zero-order valence-electron chi connectivity index (χ0n) is 23.3. The van der Waals surface area contributed by atoms with Gasteiger partial charge in [0.05, 0.1) is 6.04 Å². The number of hydrogen-bond acceptors (Lipinski definition) is 4. The molecule has 2 aromatic carbocycles. The summed E-state index contributed by atoms with van der Waals surface area (Å²) in [6.07, 6.45) is 8.64. The van der Waals surface area contributed by atoms with Crippen LogP contribution in [0.15, 0.2) is 54.3 Å². The van der Waals surface area contributed by atoms with Crippen molar-refractivity contribution < 1.29 is 18.7 Å². The minimum atomic E-state index is -0.303. The average Bonchev–Trinajstić information content (AvgIpc) is 2.95. The Hall–Kier alpha value is -3.19. The predicted octanol–water partition coefficient (Wildman–Crippen LogP) is 5.78. The molecule has 0 spiro atoms. The highest BCUT2D eigenvalue weighted by Gasteiger charge is 2.41. The quantitative estimate of drug-likeness (QED) is 0.277. The van der Waals surface area contributed by atoms with Gasteiger partial charge in [-0.05, 0) is 88.0 Å². The van der Waals surface area contributed by atoms with Crippen molar-refractivity contribution in [3.05, 3.63) is 76.8 Å². The molecule has 2 aliphatic rings. The Kier molecular flexibility index (Phi) is 10.5. The number of nitrogens with zero attached hydrogens (tertiary/aromatic N) is 2. The lowest BCUT2D eigenvalue weighted by atomic mass is 9.89. The standard InChI is InChI=1S/C32H42FN3O3/c1-3-19-35(20-4-2)21-9-18-34-31(37)25-16-14-24(15-17-25)22-30-32(38)36(23-26-10-5-6-11-27(26)33)28-12-7-8-13-29(28)39-30/h5-6,10-11,14-17,22,28-29H,3-4,7-9,12-13,18-21,23H2,1-2H3,(H,34,37)/b30-22-. The fraction of sp³-hybridized carbons (Fsp3) is 0.500. The normalized spacial score (nSPS) is 20.2. The lowest BCUT2D eigenvalue weighted by molar-refractivity contribution is -0.149. The number of halogens is 1. The zero-order valence-corrected chi connectivity index (χ0v) is 23.3. The fourth-order valence-electron chi connectivity index (χ4n) is 5.63. The highest BCUT2D eigenvalue weighted by atomic mass is 19.1. The van der Waals surface area contributed by atoms with Crippen molar-refractivity contribution in [2.24, 2.45) is 0 Å². The minimum Gasteiger partial charge on any atom is -0.482 e. The summed E-state index contributed by atoms with van der Waals surface area (Å²) < 4.78 is 20.6. The van der Waals surface area contributed by atoms with E-state index in [1.807, 2.05) is 12.1 Å². The average molecular weight is 536 g/mol. The van der Waals surface area contributed by atoms with Crippen LogP contribution < -0.4 is 5.32 Å². The van der Waals surface area contributed by atoms with Crippen molar-refractivity contribution in [1.82, 2.24) is 15.1 Å². The number of carbonyl (C=O) groups is 2. The van der Waals surface area contributed by atoms with E-state index in [-0.39, 0.29) is 42.1 Å². The van der Waals surface area contributed by atoms with Gasteiger partial charge in [0.25, 0.3) is 11.8 Å². The third kappa shape index (κ3) is 7.69. The smallest absolute Gasteiger partial charge is 0.289 e. The number of fused-ring (bicyclic) bond motifs is 1. The summed E-state index contributed by atoms with van der Waals surface area (Å²) in [5.74, 6) is -0.348. The van der Waals surface area contributed by atoms with Crippen LogP contribution in [0.2, 0.25) is 0 Å². The van der Waals surface area contributed by atoms with Gasteiger partial charge in [-0.2, -0.15) is 0 Å². The number of nitrogens with one attached hydrogen (secondary N) is 1. The molecular formula is C32H42FN3O3. The molecule has 2 atom stereocenters. The van der Waals surface area contributed by atoms with Gasteiger partial charge in [0, 0.05) is 24.2 Å². The number of rotatable bonds is 12. The Labute approximate surface area is 232 Å². The van der Waals surface area contributed by atoms with Crippen LogP contribution in [0.1, 0.15) is 80.3 Å². The van der Waals surface area contributed by atoms with Crippen LogP contribution in [0.4, 0.5) is 4.39 Å². The number of benzene rings is 2. The molecule has 1 aliphatic carbocycles. The van der Waals surface area contributed by atoms with E-state index in [0.29, 0.717) is 17.7 Å². The summed E-state index contributed by atoms with van der Waals surface area (Å²) in [6.45, 7) is 8.40. The monoisotopic (exact) mass is 535 g/mol. The summed E-state index contributed by atoms with van der Waals surface area (Å²) in [6, 6.07) is 13.8. The molecule has 7 heteroatoms. The predicted molar refractivity (Wildman–Crippen MR) is 152 cm³/mol. The molecule has 2 unspecified atom stereocenters. The largest absolute Gasteiger partial charge is 0.482 e. The number of ether oxygens (including phenoxy) is 1. The minimum absolute atomic E-state index is 0.0508. The van der Waals surface area contributed by atoms with Crippen molar-refractivity contribution in [1.29, 1.82) is 0 Å². The lowest BCUT2D eigenvalue weighted by Crippen LogP contribution is -2.54. The molecule has 2 aromatic rings. The van der Waals surface area contributed by atoms with E-state index in [0.717, 1.165) is 70.1 Å². The molecule has 1 heterocycles. The maximum Gasteiger partial charge on any atom is 0.289 e. The molecule has 4 rings (SSSR count). The summed E-state index contributed by atoms with van der Waals surface area (Å²) in [4.78, 5) is 30.4. The van der Waals surface area contributed by atoms with Gasteiger partial charge in [0.15, 0.2) is 5.76 Å². The second-order valence-electron chi connectivity index (χ2n) is 10.6. The van der Waals surface area contributed by atoms with Crippen molar-refractivity contribution in [3.8, 4) is 0 Å². The van der Waals surface area contributed by atoms with Crippen LogP contribution in [0.25, 0.3) is 6.08 Å². The van der Waals surface area contributed by atoms with E-state index in [1.54, 1.807) is 41.3 Å². The van der Waals surface area contributed by atoms with Crippen LogP contribution in [0.5, 0.6) is 0 Å². The van der Waals surface area contributed by atoms with Crippen LogP contribution in [-0.4, -0.2) is 59.9 Å². The van der Waals surface area contributed by atoms with Crippen LogP contribution in [0.3, 0.4) is 0 Å². The summed E-state index contributed by atoms with van der Waals surface area (Å²) in [5.41, 5.74) is 1.88. The zero-order chi connectivity index (χ0) is 27.6. The topological polar surface area (TPSA) is 61.9 Å². The lowest BCUT2D eigenvalue weighted by Gasteiger charge is -2.44. The van der Waals surface area contributed by atoms with Crippen LogP contribution in [0, 0.1) is 5.82 Å². The molecule has 2 amide bonds. The second kappa shape index (κ2) is 14.3. The first-order chi connectivity index (χ1) is 19.0. The van der Waals surface area contributed by atoms with Gasteiger partial charge < -0.3 is 19.9 Å². The highest BCUT2D eigenvalue weighted by Crippen LogP contribution is 2.34. The Balaban J connectivity index is 1.39. The first-order valence-corrected chi connectivity index (χ1v) is 14.5. The summed E-state index contributed by atoms with van der Waals surface area (Å²) in [7, 11) is 0. The maximum atomic E-state index is 14.4. The SMILES string of the molecule is CCCN(CCC)CCCNC(=O)c1ccc(/C=C2\OC3CCCCC3N(Cc3ccccc3F)C2=O)cc1. The van der Waals surface area contributed by atoms with Crippen LogP contribution >= 0.6 is 0 Å². The summed E-state index contributed by atoms with van der Waals surface area (Å²) >= 11 is 0. The van der Waals surface area contributed by atoms with Gasteiger partial charge in [0.2, 0.25) is 0 Å². The van der Waals surface area contributed by atoms with E-state index in [4.69, 9.17) is 4.74 Å². The number of carbonyl (C=O) groups excluding carboxylic acids is 2. The molecule has 210 valence electrons. The molecule has 0 bridgehead atoms. The third-order valence-corrected chi connectivity index (χ3v) is 7.60. The Bertz CT molecular complexity index is 1130. The third-order valence-electron chi connectivity index (χ3n) is 7.60. The molecule has 0 aromatic heterocycles. The Morgan fingerprint density at radius 1 is 1.05 bits per heavy atom. The Morgan fingerprint density at radius 3 is 2.49 bits per heavy atom. The van der Waals surface area contributed by atoms with E-state index in [2.05, 4.69) is 24.1 Å². The molecule has 1 saturated carbocycles. The molecular weight excluding hydrogens is 493 g/mol. The maximum absolute atomic E-state index is 14.4. The highest BCUT2D eigenvalue weighted by molar-refractivity contribution is 5.97. The van der Waals surface area contributed by atoms with E-state index in [9.17, 15) is 14.0 Å². The van der Waals surface area contributed by atoms with E-state index in [1.165, 1.54) is 6.07 Å². The Morgan fingerprint density at radius 2 is 1.77 bits per heavy atom. The van der Waals surface area contributed by atoms with Gasteiger partial charge in [-0.15, -0.1) is 0 Å². The van der Waals surface area contributed by atoms with Crippen molar-refractivity contribution in [3.63, 3.8) is 0 Å².